The number of aliphatic hydroxyl groups is 1. The smallest absolute Gasteiger partial charge is 0.240 e. The van der Waals surface area contributed by atoms with Crippen molar-refractivity contribution in [2.75, 3.05) is 18.9 Å². The second-order valence-electron chi connectivity index (χ2n) is 4.11. The first kappa shape index (κ1) is 17.6. The molecule has 0 radical (unpaired) electrons. The Morgan fingerprint density at radius 2 is 1.95 bits per heavy atom. The van der Waals surface area contributed by atoms with Crippen LogP contribution in [-0.4, -0.2) is 40.8 Å². The SMILES string of the molecule is NS(=O)(=O)CCCNS(=O)(=O)c1cccc(C#CCO)c1. The van der Waals surface area contributed by atoms with Gasteiger partial charge in [0, 0.05) is 12.1 Å². The highest BCUT2D eigenvalue weighted by Gasteiger charge is 2.14. The Hall–Kier alpha value is -1.44. The van der Waals surface area contributed by atoms with Crippen LogP contribution in [0.2, 0.25) is 0 Å². The number of hydrogen-bond donors (Lipinski definition) is 3. The molecule has 0 saturated heterocycles. The quantitative estimate of drug-likeness (QED) is 0.454. The standard InChI is InChI=1S/C12H16N2O5S2/c13-20(16,17)9-3-7-14-21(18,19)12-6-1-4-11(10-12)5-2-8-15/h1,4,6,10,14-15H,3,7-9H2,(H2,13,16,17). The van der Waals surface area contributed by atoms with Gasteiger partial charge in [0.05, 0.1) is 10.6 Å². The van der Waals surface area contributed by atoms with E-state index in [2.05, 4.69) is 16.6 Å². The molecule has 7 nitrogen and oxygen atoms in total. The first-order chi connectivity index (χ1) is 9.74. The van der Waals surface area contributed by atoms with Crippen molar-refractivity contribution in [2.45, 2.75) is 11.3 Å². The third-order valence-electron chi connectivity index (χ3n) is 2.35. The summed E-state index contributed by atoms with van der Waals surface area (Å²) in [6, 6.07) is 5.90. The van der Waals surface area contributed by atoms with E-state index in [9.17, 15) is 16.8 Å². The zero-order valence-corrected chi connectivity index (χ0v) is 12.7. The van der Waals surface area contributed by atoms with Crippen LogP contribution in [0.15, 0.2) is 29.2 Å². The monoisotopic (exact) mass is 332 g/mol. The fourth-order valence-corrected chi connectivity index (χ4v) is 3.11. The molecular weight excluding hydrogens is 316 g/mol. The van der Waals surface area contributed by atoms with Crippen LogP contribution < -0.4 is 9.86 Å². The van der Waals surface area contributed by atoms with Crippen molar-refractivity contribution in [3.05, 3.63) is 29.8 Å². The summed E-state index contributed by atoms with van der Waals surface area (Å²) in [5, 5.41) is 13.4. The van der Waals surface area contributed by atoms with Gasteiger partial charge in [0.25, 0.3) is 0 Å². The van der Waals surface area contributed by atoms with Crippen molar-refractivity contribution in [3.63, 3.8) is 0 Å². The Morgan fingerprint density at radius 1 is 1.24 bits per heavy atom. The summed E-state index contributed by atoms with van der Waals surface area (Å²) in [6.45, 7) is -0.353. The number of nitrogens with one attached hydrogen (secondary N) is 1. The third-order valence-corrected chi connectivity index (χ3v) is 4.67. The Kier molecular flexibility index (Phi) is 6.32. The van der Waals surface area contributed by atoms with Crippen LogP contribution in [0.3, 0.4) is 0 Å². The highest BCUT2D eigenvalue weighted by molar-refractivity contribution is 7.89. The molecule has 0 aliphatic heterocycles. The van der Waals surface area contributed by atoms with E-state index in [0.29, 0.717) is 5.56 Å². The van der Waals surface area contributed by atoms with E-state index in [4.69, 9.17) is 10.2 Å². The van der Waals surface area contributed by atoms with Gasteiger partial charge in [-0.3, -0.25) is 0 Å². The normalized spacial score (nSPS) is 11.7. The van der Waals surface area contributed by atoms with Gasteiger partial charge < -0.3 is 5.11 Å². The number of benzene rings is 1. The first-order valence-corrected chi connectivity index (χ1v) is 9.14. The molecule has 1 rings (SSSR count). The molecule has 0 aliphatic rings. The Balaban J connectivity index is 2.74. The van der Waals surface area contributed by atoms with Gasteiger partial charge in [-0.05, 0) is 24.6 Å². The topological polar surface area (TPSA) is 127 Å². The van der Waals surface area contributed by atoms with Gasteiger partial charge in [-0.2, -0.15) is 0 Å². The lowest BCUT2D eigenvalue weighted by atomic mass is 10.2. The van der Waals surface area contributed by atoms with Crippen LogP contribution in [-0.2, 0) is 20.0 Å². The predicted octanol–water partition coefficient (Wildman–Crippen LogP) is -1.01. The molecule has 9 heteroatoms. The van der Waals surface area contributed by atoms with E-state index < -0.39 is 20.0 Å². The van der Waals surface area contributed by atoms with Crippen molar-refractivity contribution < 1.29 is 21.9 Å². The van der Waals surface area contributed by atoms with Gasteiger partial charge in [-0.15, -0.1) is 0 Å². The maximum absolute atomic E-state index is 12.0. The highest BCUT2D eigenvalue weighted by atomic mass is 32.2. The van der Waals surface area contributed by atoms with E-state index in [-0.39, 0.29) is 30.2 Å². The summed E-state index contributed by atoms with van der Waals surface area (Å²) in [5.41, 5.74) is 0.455. The van der Waals surface area contributed by atoms with Crippen molar-refractivity contribution in [3.8, 4) is 11.8 Å². The summed E-state index contributed by atoms with van der Waals surface area (Å²) >= 11 is 0. The van der Waals surface area contributed by atoms with E-state index in [0.717, 1.165) is 0 Å². The lowest BCUT2D eigenvalue weighted by Crippen LogP contribution is -2.27. The molecule has 21 heavy (non-hydrogen) atoms. The summed E-state index contributed by atoms with van der Waals surface area (Å²) in [7, 11) is -7.34. The molecule has 116 valence electrons. The molecule has 0 spiro atoms. The molecule has 1 aromatic rings. The number of primary sulfonamides is 1. The number of rotatable bonds is 6. The second kappa shape index (κ2) is 7.53. The first-order valence-electron chi connectivity index (χ1n) is 5.94. The minimum atomic E-state index is -3.74. The molecule has 1 aromatic carbocycles. The van der Waals surface area contributed by atoms with E-state index >= 15 is 0 Å². The van der Waals surface area contributed by atoms with Gasteiger partial charge in [-0.25, -0.2) is 26.7 Å². The van der Waals surface area contributed by atoms with Crippen LogP contribution in [0, 0.1) is 11.8 Å². The van der Waals surface area contributed by atoms with Crippen molar-refractivity contribution in [1.29, 1.82) is 0 Å². The zero-order chi connectivity index (χ0) is 15.9. The molecular formula is C12H16N2O5S2. The van der Waals surface area contributed by atoms with Crippen molar-refractivity contribution >= 4 is 20.0 Å². The van der Waals surface area contributed by atoms with Crippen LogP contribution in [0.4, 0.5) is 0 Å². The lowest BCUT2D eigenvalue weighted by molar-refractivity contribution is 0.350. The molecule has 0 amide bonds. The Bertz CT molecular complexity index is 745. The minimum absolute atomic E-state index is 0.0165. The van der Waals surface area contributed by atoms with Crippen molar-refractivity contribution in [2.24, 2.45) is 5.14 Å². The average molecular weight is 332 g/mol. The van der Waals surface area contributed by atoms with Gasteiger partial charge in [0.1, 0.15) is 6.61 Å². The zero-order valence-electron chi connectivity index (χ0n) is 11.1. The fraction of sp³-hybridized carbons (Fsp3) is 0.333. The molecule has 0 bridgehead atoms. The molecule has 0 atom stereocenters. The van der Waals surface area contributed by atoms with E-state index in [1.165, 1.54) is 18.2 Å². The molecule has 0 aromatic heterocycles. The number of hydrogen-bond acceptors (Lipinski definition) is 5. The van der Waals surface area contributed by atoms with Crippen LogP contribution in [0.5, 0.6) is 0 Å². The van der Waals surface area contributed by atoms with Gasteiger partial charge in [0.2, 0.25) is 20.0 Å². The molecule has 0 unspecified atom stereocenters. The fourth-order valence-electron chi connectivity index (χ4n) is 1.45. The molecule has 0 aliphatic carbocycles. The van der Waals surface area contributed by atoms with Crippen LogP contribution in [0.1, 0.15) is 12.0 Å². The summed E-state index contributed by atoms with van der Waals surface area (Å²) in [5.74, 6) is 4.73. The average Bonchev–Trinajstić information content (AvgIpc) is 2.41. The van der Waals surface area contributed by atoms with Crippen LogP contribution in [0.25, 0.3) is 0 Å². The largest absolute Gasteiger partial charge is 0.384 e. The van der Waals surface area contributed by atoms with Gasteiger partial charge in [-0.1, -0.05) is 17.9 Å². The number of aliphatic hydroxyl groups excluding tert-OH is 1. The van der Waals surface area contributed by atoms with Gasteiger partial charge >= 0.3 is 0 Å². The lowest BCUT2D eigenvalue weighted by Gasteiger charge is -2.06. The van der Waals surface area contributed by atoms with Crippen LogP contribution >= 0.6 is 0 Å². The summed E-state index contributed by atoms with van der Waals surface area (Å²) in [4.78, 5) is 0.0165. The highest BCUT2D eigenvalue weighted by Crippen LogP contribution is 2.10. The molecule has 0 heterocycles. The maximum atomic E-state index is 12.0. The van der Waals surface area contributed by atoms with E-state index in [1.54, 1.807) is 6.07 Å². The minimum Gasteiger partial charge on any atom is -0.384 e. The summed E-state index contributed by atoms with van der Waals surface area (Å²) < 4.78 is 47.7. The second-order valence-corrected chi connectivity index (χ2v) is 7.61. The summed E-state index contributed by atoms with van der Waals surface area (Å²) in [6.07, 6.45) is 0.0854. The molecule has 4 N–H and O–H groups in total. The third kappa shape index (κ3) is 6.70. The number of nitrogens with two attached hydrogens (primary N) is 1. The van der Waals surface area contributed by atoms with Gasteiger partial charge in [0.15, 0.2) is 0 Å². The molecule has 0 fully saturated rings. The Morgan fingerprint density at radius 3 is 2.57 bits per heavy atom. The Labute approximate surface area is 124 Å². The maximum Gasteiger partial charge on any atom is 0.240 e. The van der Waals surface area contributed by atoms with Crippen molar-refractivity contribution in [1.82, 2.24) is 4.72 Å². The molecule has 0 saturated carbocycles. The number of sulfonamides is 2. The predicted molar refractivity (Wildman–Crippen MR) is 78.2 cm³/mol. The van der Waals surface area contributed by atoms with E-state index in [1.807, 2.05) is 0 Å².